The van der Waals surface area contributed by atoms with Crippen LogP contribution in [0.1, 0.15) is 31.9 Å². The number of aliphatic hydroxyl groups excluding tert-OH is 1. The van der Waals surface area contributed by atoms with Gasteiger partial charge in [-0.05, 0) is 41.4 Å². The molecule has 0 aliphatic heterocycles. The number of rotatable bonds is 7. The SMILES string of the molecule is CN(C)C=Nc1nc2c(ncn2-c2cc(CO)cc(CO[Si](C)(C)C(C)(C)C)c2)c(=O)[nH]1. The van der Waals surface area contributed by atoms with Crippen LogP contribution < -0.4 is 5.56 Å². The van der Waals surface area contributed by atoms with E-state index in [9.17, 15) is 9.90 Å². The van der Waals surface area contributed by atoms with Gasteiger partial charge in [0, 0.05) is 19.8 Å². The van der Waals surface area contributed by atoms with E-state index in [0.717, 1.165) is 16.8 Å². The first-order valence-electron chi connectivity index (χ1n) is 10.5. The summed E-state index contributed by atoms with van der Waals surface area (Å²) in [5.41, 5.74) is 2.68. The molecule has 2 N–H and O–H groups in total. The molecule has 0 saturated carbocycles. The first kappa shape index (κ1) is 23.8. The number of H-pyrrole nitrogens is 1. The molecule has 0 radical (unpaired) electrons. The number of aliphatic imine (C=N–C) groups is 1. The van der Waals surface area contributed by atoms with Gasteiger partial charge in [-0.2, -0.15) is 4.98 Å². The third-order valence-electron chi connectivity index (χ3n) is 5.71. The number of nitrogens with one attached hydrogen (secondary N) is 1. The highest BCUT2D eigenvalue weighted by molar-refractivity contribution is 6.74. The van der Waals surface area contributed by atoms with Crippen LogP contribution in [0.25, 0.3) is 16.9 Å². The molecule has 172 valence electrons. The predicted octanol–water partition coefficient (Wildman–Crippen LogP) is 3.34. The van der Waals surface area contributed by atoms with Crippen LogP contribution in [0.2, 0.25) is 18.1 Å². The molecule has 0 saturated heterocycles. The van der Waals surface area contributed by atoms with Crippen molar-refractivity contribution in [2.24, 2.45) is 4.99 Å². The normalized spacial score (nSPS) is 12.8. The molecule has 2 aromatic heterocycles. The summed E-state index contributed by atoms with van der Waals surface area (Å²) >= 11 is 0. The first-order valence-corrected chi connectivity index (χ1v) is 13.4. The van der Waals surface area contributed by atoms with Gasteiger partial charge in [0.05, 0.1) is 19.6 Å². The zero-order valence-electron chi connectivity index (χ0n) is 19.8. The summed E-state index contributed by atoms with van der Waals surface area (Å²) in [6.07, 6.45) is 3.12. The summed E-state index contributed by atoms with van der Waals surface area (Å²) in [5, 5.41) is 9.91. The van der Waals surface area contributed by atoms with Crippen molar-refractivity contribution in [1.29, 1.82) is 0 Å². The van der Waals surface area contributed by atoms with Crippen molar-refractivity contribution in [2.75, 3.05) is 14.1 Å². The summed E-state index contributed by atoms with van der Waals surface area (Å²) < 4.78 is 8.10. The smallest absolute Gasteiger partial charge is 0.280 e. The number of aliphatic hydroxyl groups is 1. The molecule has 0 aliphatic rings. The summed E-state index contributed by atoms with van der Waals surface area (Å²) in [6.45, 7) is 11.3. The minimum Gasteiger partial charge on any atom is -0.413 e. The van der Waals surface area contributed by atoms with Crippen LogP contribution in [0.15, 0.2) is 34.3 Å². The van der Waals surface area contributed by atoms with Crippen LogP contribution >= 0.6 is 0 Å². The fraction of sp³-hybridized carbons (Fsp3) is 0.455. The lowest BCUT2D eigenvalue weighted by Gasteiger charge is -2.36. The van der Waals surface area contributed by atoms with Crippen LogP contribution in [-0.4, -0.2) is 58.3 Å². The Bertz CT molecular complexity index is 1190. The molecule has 0 atom stereocenters. The molecule has 2 heterocycles. The molecule has 1 aromatic carbocycles. The van der Waals surface area contributed by atoms with Crippen molar-refractivity contribution < 1.29 is 9.53 Å². The molecule has 0 fully saturated rings. The number of hydrogen-bond acceptors (Lipinski definition) is 6. The zero-order chi connectivity index (χ0) is 23.7. The summed E-state index contributed by atoms with van der Waals surface area (Å²) in [4.78, 5) is 29.8. The molecule has 3 aromatic rings. The lowest BCUT2D eigenvalue weighted by molar-refractivity contribution is 0.272. The van der Waals surface area contributed by atoms with E-state index in [1.165, 1.54) is 0 Å². The standard InChI is InChI=1S/C22H32N6O3Si/c1-22(2,3)32(6,7)31-12-16-8-15(11-29)9-17(10-16)28-14-23-18-19(28)25-21(26-20(18)30)24-13-27(4)5/h8-10,13-14,29H,11-12H2,1-7H3,(H,25,26,30). The second-order valence-corrected chi connectivity index (χ2v) is 14.4. The molecular formula is C22H32N6O3Si. The molecule has 32 heavy (non-hydrogen) atoms. The van der Waals surface area contributed by atoms with Crippen LogP contribution in [0.4, 0.5) is 5.95 Å². The van der Waals surface area contributed by atoms with E-state index < -0.39 is 8.32 Å². The Kier molecular flexibility index (Phi) is 6.68. The fourth-order valence-electron chi connectivity index (χ4n) is 2.86. The quantitative estimate of drug-likeness (QED) is 0.321. The highest BCUT2D eigenvalue weighted by Crippen LogP contribution is 2.37. The van der Waals surface area contributed by atoms with Crippen LogP contribution in [0.5, 0.6) is 0 Å². The maximum Gasteiger partial charge on any atom is 0.280 e. The lowest BCUT2D eigenvalue weighted by Crippen LogP contribution is -2.40. The van der Waals surface area contributed by atoms with Crippen LogP contribution in [0.3, 0.4) is 0 Å². The molecule has 3 rings (SSSR count). The Morgan fingerprint density at radius 1 is 1.25 bits per heavy atom. The third-order valence-corrected chi connectivity index (χ3v) is 10.2. The van der Waals surface area contributed by atoms with Gasteiger partial charge >= 0.3 is 0 Å². The summed E-state index contributed by atoms with van der Waals surface area (Å²) in [5.74, 6) is 0.192. The molecule has 0 aliphatic carbocycles. The van der Waals surface area contributed by atoms with Gasteiger partial charge < -0.3 is 14.4 Å². The number of fused-ring (bicyclic) bond motifs is 1. The van der Waals surface area contributed by atoms with Crippen LogP contribution in [-0.2, 0) is 17.6 Å². The topological polar surface area (TPSA) is 109 Å². The number of imidazole rings is 1. The van der Waals surface area contributed by atoms with E-state index in [0.29, 0.717) is 12.3 Å². The molecule has 9 nitrogen and oxygen atoms in total. The van der Waals surface area contributed by atoms with E-state index in [4.69, 9.17) is 4.43 Å². The highest BCUT2D eigenvalue weighted by atomic mass is 28.4. The van der Waals surface area contributed by atoms with Gasteiger partial charge in [0.25, 0.3) is 5.56 Å². The monoisotopic (exact) mass is 456 g/mol. The first-order chi connectivity index (χ1) is 14.9. The van der Waals surface area contributed by atoms with Crippen molar-refractivity contribution in [2.45, 2.75) is 52.1 Å². The van der Waals surface area contributed by atoms with Crippen molar-refractivity contribution in [3.05, 3.63) is 46.0 Å². The molecule has 0 spiro atoms. The summed E-state index contributed by atoms with van der Waals surface area (Å²) in [6, 6.07) is 5.75. The van der Waals surface area contributed by atoms with Gasteiger partial charge in [0.2, 0.25) is 5.95 Å². The average Bonchev–Trinajstić information content (AvgIpc) is 3.14. The number of hydrogen-bond donors (Lipinski definition) is 2. The van der Waals surface area contributed by atoms with E-state index >= 15 is 0 Å². The van der Waals surface area contributed by atoms with Gasteiger partial charge in [-0.1, -0.05) is 26.8 Å². The van der Waals surface area contributed by atoms with E-state index in [1.807, 2.05) is 32.3 Å². The zero-order valence-corrected chi connectivity index (χ0v) is 20.8. The van der Waals surface area contributed by atoms with Gasteiger partial charge in [-0.25, -0.2) is 9.98 Å². The van der Waals surface area contributed by atoms with Crippen molar-refractivity contribution in [1.82, 2.24) is 24.4 Å². The molecule has 0 unspecified atom stereocenters. The Balaban J connectivity index is 2.04. The second-order valence-electron chi connectivity index (χ2n) is 9.60. The van der Waals surface area contributed by atoms with Crippen molar-refractivity contribution in [3.63, 3.8) is 0 Å². The second kappa shape index (κ2) is 8.97. The number of aromatic amines is 1. The average molecular weight is 457 g/mol. The summed E-state index contributed by atoms with van der Waals surface area (Å²) in [7, 11) is 1.73. The van der Waals surface area contributed by atoms with Gasteiger partial charge in [0.1, 0.15) is 6.33 Å². The van der Waals surface area contributed by atoms with E-state index in [2.05, 4.69) is 53.8 Å². The fourth-order valence-corrected chi connectivity index (χ4v) is 3.82. The Hall–Kier alpha value is -2.82. The maximum atomic E-state index is 12.5. The van der Waals surface area contributed by atoms with Gasteiger partial charge in [-0.3, -0.25) is 14.3 Å². The Morgan fingerprint density at radius 3 is 2.56 bits per heavy atom. The largest absolute Gasteiger partial charge is 0.413 e. The number of nitrogens with zero attached hydrogens (tertiary/aromatic N) is 5. The molecule has 0 bridgehead atoms. The van der Waals surface area contributed by atoms with Crippen molar-refractivity contribution >= 4 is 31.8 Å². The number of benzene rings is 1. The van der Waals surface area contributed by atoms with E-state index in [1.54, 1.807) is 22.1 Å². The van der Waals surface area contributed by atoms with Crippen LogP contribution in [0, 0.1) is 0 Å². The Morgan fingerprint density at radius 2 is 1.94 bits per heavy atom. The Labute approximate surface area is 188 Å². The predicted molar refractivity (Wildman–Crippen MR) is 129 cm³/mol. The maximum absolute atomic E-state index is 12.5. The molecular weight excluding hydrogens is 424 g/mol. The van der Waals surface area contributed by atoms with Gasteiger partial charge in [-0.15, -0.1) is 0 Å². The number of aromatic nitrogens is 4. The third kappa shape index (κ3) is 5.14. The minimum atomic E-state index is -1.94. The van der Waals surface area contributed by atoms with E-state index in [-0.39, 0.29) is 28.7 Å². The molecule has 10 heteroatoms. The molecule has 0 amide bonds. The van der Waals surface area contributed by atoms with Crippen molar-refractivity contribution in [3.8, 4) is 5.69 Å². The van der Waals surface area contributed by atoms with Gasteiger partial charge in [0.15, 0.2) is 19.5 Å². The minimum absolute atomic E-state index is 0.0966. The highest BCUT2D eigenvalue weighted by Gasteiger charge is 2.37. The lowest BCUT2D eigenvalue weighted by atomic mass is 10.1.